The molecule has 0 saturated heterocycles. The average molecular weight is 284 g/mol. The summed E-state index contributed by atoms with van der Waals surface area (Å²) in [6.45, 7) is 6.57. The molecule has 3 rings (SSSR count). The Kier molecular flexibility index (Phi) is 4.19. The normalized spacial score (nSPS) is 27.3. The first-order valence-electron chi connectivity index (χ1n) is 8.90. The lowest BCUT2D eigenvalue weighted by atomic mass is 9.89. The topological polar surface area (TPSA) is 17.1 Å². The number of benzene rings is 1. The molecule has 114 valence electrons. The fourth-order valence-electron chi connectivity index (χ4n) is 4.47. The molecule has 0 aliphatic heterocycles. The van der Waals surface area contributed by atoms with Gasteiger partial charge >= 0.3 is 0 Å². The molecular weight excluding hydrogens is 256 g/mol. The molecule has 2 atom stereocenters. The second-order valence-electron chi connectivity index (χ2n) is 6.85. The van der Waals surface area contributed by atoms with E-state index in [4.69, 9.17) is 0 Å². The summed E-state index contributed by atoms with van der Waals surface area (Å²) in [6, 6.07) is 4.55. The van der Waals surface area contributed by atoms with Crippen LogP contribution in [0.3, 0.4) is 0 Å². The van der Waals surface area contributed by atoms with Gasteiger partial charge in [-0.25, -0.2) is 0 Å². The SMILES string of the molecule is CCc1cc(CC)c(C(=O)C2C3CCCCC32)c(CC)c1. The molecule has 2 aliphatic rings. The Balaban J connectivity index is 1.95. The van der Waals surface area contributed by atoms with Gasteiger partial charge in [0.15, 0.2) is 5.78 Å². The fraction of sp³-hybridized carbons (Fsp3) is 0.650. The molecule has 0 heterocycles. The zero-order chi connectivity index (χ0) is 15.0. The third kappa shape index (κ3) is 2.56. The van der Waals surface area contributed by atoms with Crippen molar-refractivity contribution in [3.8, 4) is 0 Å². The number of carbonyl (C=O) groups excluding carboxylic acids is 1. The second kappa shape index (κ2) is 5.94. The molecule has 2 aliphatic carbocycles. The number of Topliss-reactive ketones (excluding diaryl/α,β-unsaturated/α-hetero) is 1. The van der Waals surface area contributed by atoms with E-state index in [9.17, 15) is 4.79 Å². The van der Waals surface area contributed by atoms with E-state index in [0.717, 1.165) is 24.8 Å². The first kappa shape index (κ1) is 14.8. The summed E-state index contributed by atoms with van der Waals surface area (Å²) in [5, 5.41) is 0. The van der Waals surface area contributed by atoms with Crippen LogP contribution >= 0.6 is 0 Å². The molecule has 0 radical (unpaired) electrons. The first-order valence-corrected chi connectivity index (χ1v) is 8.90. The largest absolute Gasteiger partial charge is 0.294 e. The Morgan fingerprint density at radius 3 is 1.90 bits per heavy atom. The third-order valence-electron chi connectivity index (χ3n) is 5.74. The van der Waals surface area contributed by atoms with Crippen molar-refractivity contribution >= 4 is 5.78 Å². The van der Waals surface area contributed by atoms with Crippen molar-refractivity contribution in [2.45, 2.75) is 65.7 Å². The van der Waals surface area contributed by atoms with Crippen molar-refractivity contribution in [2.24, 2.45) is 17.8 Å². The van der Waals surface area contributed by atoms with Gasteiger partial charge < -0.3 is 0 Å². The molecule has 2 unspecified atom stereocenters. The molecule has 0 N–H and O–H groups in total. The van der Waals surface area contributed by atoms with E-state index in [-0.39, 0.29) is 0 Å². The minimum atomic E-state index is 0.357. The van der Waals surface area contributed by atoms with Gasteiger partial charge in [0, 0.05) is 11.5 Å². The number of rotatable bonds is 5. The van der Waals surface area contributed by atoms with Gasteiger partial charge in [-0.05, 0) is 60.6 Å². The maximum Gasteiger partial charge on any atom is 0.167 e. The quantitative estimate of drug-likeness (QED) is 0.696. The van der Waals surface area contributed by atoms with Crippen molar-refractivity contribution in [3.05, 3.63) is 34.4 Å². The highest BCUT2D eigenvalue weighted by atomic mass is 16.1. The van der Waals surface area contributed by atoms with Crippen LogP contribution < -0.4 is 0 Å². The molecule has 0 aromatic heterocycles. The molecule has 1 aromatic carbocycles. The Morgan fingerprint density at radius 1 is 0.952 bits per heavy atom. The minimum absolute atomic E-state index is 0.357. The number of hydrogen-bond donors (Lipinski definition) is 0. The average Bonchev–Trinajstić information content (AvgIpc) is 3.27. The molecule has 0 bridgehead atoms. The van der Waals surface area contributed by atoms with Gasteiger partial charge in [-0.15, -0.1) is 0 Å². The van der Waals surface area contributed by atoms with Crippen LogP contribution in [-0.2, 0) is 19.3 Å². The highest BCUT2D eigenvalue weighted by Gasteiger charge is 2.54. The van der Waals surface area contributed by atoms with E-state index in [1.165, 1.54) is 42.4 Å². The Hall–Kier alpha value is -1.11. The van der Waals surface area contributed by atoms with Crippen LogP contribution in [0.2, 0.25) is 0 Å². The number of hydrogen-bond acceptors (Lipinski definition) is 1. The van der Waals surface area contributed by atoms with E-state index < -0.39 is 0 Å². The van der Waals surface area contributed by atoms with Gasteiger partial charge in [0.1, 0.15) is 0 Å². The molecule has 0 amide bonds. The fourth-order valence-corrected chi connectivity index (χ4v) is 4.47. The van der Waals surface area contributed by atoms with Gasteiger partial charge in [-0.1, -0.05) is 45.7 Å². The highest BCUT2D eigenvalue weighted by Crippen LogP contribution is 2.56. The third-order valence-corrected chi connectivity index (χ3v) is 5.74. The summed E-state index contributed by atoms with van der Waals surface area (Å²) in [4.78, 5) is 13.1. The van der Waals surface area contributed by atoms with Crippen LogP contribution in [0.5, 0.6) is 0 Å². The molecule has 0 spiro atoms. The van der Waals surface area contributed by atoms with Gasteiger partial charge in [0.25, 0.3) is 0 Å². The maximum absolute atomic E-state index is 13.1. The van der Waals surface area contributed by atoms with Crippen molar-refractivity contribution in [1.82, 2.24) is 0 Å². The van der Waals surface area contributed by atoms with Gasteiger partial charge in [-0.2, -0.15) is 0 Å². The molecule has 2 saturated carbocycles. The molecular formula is C20H28O. The molecule has 1 nitrogen and oxygen atoms in total. The summed E-state index contributed by atoms with van der Waals surface area (Å²) in [5.74, 6) is 2.26. The lowest BCUT2D eigenvalue weighted by Gasteiger charge is -2.15. The highest BCUT2D eigenvalue weighted by molar-refractivity contribution is 6.02. The van der Waals surface area contributed by atoms with E-state index in [2.05, 4.69) is 32.9 Å². The number of carbonyl (C=O) groups is 1. The van der Waals surface area contributed by atoms with Gasteiger partial charge in [-0.3, -0.25) is 4.79 Å². The summed E-state index contributed by atoms with van der Waals surface area (Å²) < 4.78 is 0. The first-order chi connectivity index (χ1) is 10.2. The van der Waals surface area contributed by atoms with Crippen LogP contribution in [0.25, 0.3) is 0 Å². The van der Waals surface area contributed by atoms with Gasteiger partial charge in [0.2, 0.25) is 0 Å². The van der Waals surface area contributed by atoms with Crippen molar-refractivity contribution in [3.63, 3.8) is 0 Å². The Labute approximate surface area is 129 Å². The van der Waals surface area contributed by atoms with Crippen LogP contribution in [0, 0.1) is 17.8 Å². The Bertz CT molecular complexity index is 506. The predicted octanol–water partition coefficient (Wildman–Crippen LogP) is 4.99. The zero-order valence-corrected chi connectivity index (χ0v) is 13.7. The summed E-state index contributed by atoms with van der Waals surface area (Å²) in [5.41, 5.74) is 5.06. The van der Waals surface area contributed by atoms with Crippen LogP contribution in [0.4, 0.5) is 0 Å². The van der Waals surface area contributed by atoms with E-state index >= 15 is 0 Å². The summed E-state index contributed by atoms with van der Waals surface area (Å²) in [6.07, 6.45) is 8.26. The number of fused-ring (bicyclic) bond motifs is 1. The lowest BCUT2D eigenvalue weighted by molar-refractivity contribution is 0.0954. The Morgan fingerprint density at radius 2 is 1.48 bits per heavy atom. The minimum Gasteiger partial charge on any atom is -0.294 e. The van der Waals surface area contributed by atoms with Crippen molar-refractivity contribution < 1.29 is 4.79 Å². The van der Waals surface area contributed by atoms with Crippen molar-refractivity contribution in [1.29, 1.82) is 0 Å². The van der Waals surface area contributed by atoms with Crippen molar-refractivity contribution in [2.75, 3.05) is 0 Å². The standard InChI is InChI=1S/C20H28O/c1-4-13-11-14(5-2)18(15(6-3)12-13)20(21)19-16-9-7-8-10-17(16)19/h11-12,16-17,19H,4-10H2,1-3H3. The van der Waals surface area contributed by atoms with Crippen LogP contribution in [0.15, 0.2) is 12.1 Å². The maximum atomic E-state index is 13.1. The monoisotopic (exact) mass is 284 g/mol. The summed E-state index contributed by atoms with van der Waals surface area (Å²) >= 11 is 0. The summed E-state index contributed by atoms with van der Waals surface area (Å²) in [7, 11) is 0. The van der Waals surface area contributed by atoms with Crippen LogP contribution in [-0.4, -0.2) is 5.78 Å². The number of aryl methyl sites for hydroxylation is 3. The second-order valence-corrected chi connectivity index (χ2v) is 6.85. The predicted molar refractivity (Wildman–Crippen MR) is 87.8 cm³/mol. The smallest absolute Gasteiger partial charge is 0.167 e. The van der Waals surface area contributed by atoms with E-state index in [1.54, 1.807) is 0 Å². The molecule has 1 heteroatoms. The number of ketones is 1. The molecule has 21 heavy (non-hydrogen) atoms. The van der Waals surface area contributed by atoms with E-state index in [1.807, 2.05) is 0 Å². The molecule has 2 fully saturated rings. The lowest BCUT2D eigenvalue weighted by Crippen LogP contribution is -2.12. The van der Waals surface area contributed by atoms with Gasteiger partial charge in [0.05, 0.1) is 0 Å². The zero-order valence-electron chi connectivity index (χ0n) is 13.7. The van der Waals surface area contributed by atoms with E-state index in [0.29, 0.717) is 23.5 Å². The molecule has 1 aromatic rings. The van der Waals surface area contributed by atoms with Crippen LogP contribution in [0.1, 0.15) is 73.5 Å².